The molecule has 2 aromatic carbocycles. The average molecular weight is 353 g/mol. The molecule has 1 atom stereocenters. The second-order valence-electron chi connectivity index (χ2n) is 5.95. The maximum Gasteiger partial charge on any atom is 0.252 e. The van der Waals surface area contributed by atoms with Crippen molar-refractivity contribution in [1.82, 2.24) is 14.9 Å². The van der Waals surface area contributed by atoms with Crippen molar-refractivity contribution in [2.24, 2.45) is 7.05 Å². The Morgan fingerprint density at radius 1 is 1.23 bits per heavy atom. The van der Waals surface area contributed by atoms with Crippen LogP contribution >= 0.6 is 0 Å². The van der Waals surface area contributed by atoms with Crippen molar-refractivity contribution in [1.29, 1.82) is 0 Å². The number of aromatic nitrogens is 2. The fourth-order valence-electron chi connectivity index (χ4n) is 2.78. The number of hydrogen-bond donors (Lipinski definition) is 1. The Labute approximate surface area is 151 Å². The van der Waals surface area contributed by atoms with Gasteiger partial charge in [0.1, 0.15) is 17.7 Å². The summed E-state index contributed by atoms with van der Waals surface area (Å²) in [4.78, 5) is 17.0. The van der Waals surface area contributed by atoms with E-state index in [0.29, 0.717) is 23.6 Å². The van der Waals surface area contributed by atoms with Gasteiger partial charge >= 0.3 is 0 Å². The molecule has 0 saturated carbocycles. The van der Waals surface area contributed by atoms with Crippen LogP contribution < -0.4 is 5.32 Å². The average Bonchev–Trinajstić information content (AvgIpc) is 3.07. The molecule has 1 aromatic heterocycles. The number of carbonyl (C=O) groups excluding carboxylic acids is 1. The van der Waals surface area contributed by atoms with Crippen LogP contribution in [0.4, 0.5) is 4.39 Å². The molecular formula is C20H20FN3O2. The molecule has 0 saturated heterocycles. The quantitative estimate of drug-likeness (QED) is 0.740. The molecule has 3 rings (SSSR count). The SMILES string of the molecule is COCc1ccc(C(=O)N[C@H](c2ccccc2F)c2nccn2C)cc1. The minimum Gasteiger partial charge on any atom is -0.380 e. The van der Waals surface area contributed by atoms with Gasteiger partial charge in [0.15, 0.2) is 0 Å². The maximum absolute atomic E-state index is 14.4. The molecule has 0 aliphatic carbocycles. The van der Waals surface area contributed by atoms with E-state index in [9.17, 15) is 9.18 Å². The summed E-state index contributed by atoms with van der Waals surface area (Å²) < 4.78 is 21.2. The molecule has 0 aliphatic rings. The topological polar surface area (TPSA) is 56.1 Å². The van der Waals surface area contributed by atoms with Crippen molar-refractivity contribution in [3.05, 3.63) is 89.3 Å². The maximum atomic E-state index is 14.4. The summed E-state index contributed by atoms with van der Waals surface area (Å²) in [7, 11) is 3.42. The number of carbonyl (C=O) groups is 1. The number of methoxy groups -OCH3 is 1. The summed E-state index contributed by atoms with van der Waals surface area (Å²) in [6.45, 7) is 0.479. The van der Waals surface area contributed by atoms with Gasteiger partial charge < -0.3 is 14.6 Å². The van der Waals surface area contributed by atoms with Crippen LogP contribution in [0, 0.1) is 5.82 Å². The first kappa shape index (κ1) is 17.8. The first-order valence-electron chi connectivity index (χ1n) is 8.20. The predicted octanol–water partition coefficient (Wildman–Crippen LogP) is 3.23. The van der Waals surface area contributed by atoms with Gasteiger partial charge in [0.05, 0.1) is 6.61 Å². The van der Waals surface area contributed by atoms with Gasteiger partial charge in [-0.1, -0.05) is 30.3 Å². The number of hydrogen-bond acceptors (Lipinski definition) is 3. The second-order valence-corrected chi connectivity index (χ2v) is 5.95. The summed E-state index contributed by atoms with van der Waals surface area (Å²) in [6, 6.07) is 12.8. The molecule has 134 valence electrons. The van der Waals surface area contributed by atoms with Crippen molar-refractivity contribution in [2.75, 3.05) is 7.11 Å². The minimum atomic E-state index is -0.692. The van der Waals surface area contributed by atoms with Gasteiger partial charge in [0.2, 0.25) is 0 Å². The second kappa shape index (κ2) is 7.93. The van der Waals surface area contributed by atoms with E-state index in [1.54, 1.807) is 54.4 Å². The molecule has 0 spiro atoms. The Bertz CT molecular complexity index is 890. The Balaban J connectivity index is 1.90. The molecule has 6 heteroatoms. The summed E-state index contributed by atoms with van der Waals surface area (Å²) >= 11 is 0. The lowest BCUT2D eigenvalue weighted by Crippen LogP contribution is -2.31. The molecule has 26 heavy (non-hydrogen) atoms. The number of amides is 1. The lowest BCUT2D eigenvalue weighted by molar-refractivity contribution is 0.0940. The van der Waals surface area contributed by atoms with Crippen molar-refractivity contribution < 1.29 is 13.9 Å². The Morgan fingerprint density at radius 3 is 2.58 bits per heavy atom. The fourth-order valence-corrected chi connectivity index (χ4v) is 2.78. The van der Waals surface area contributed by atoms with Gasteiger partial charge in [-0.05, 0) is 23.8 Å². The largest absolute Gasteiger partial charge is 0.380 e. The van der Waals surface area contributed by atoms with Gasteiger partial charge in [0, 0.05) is 37.7 Å². The van der Waals surface area contributed by atoms with Crippen LogP contribution in [-0.2, 0) is 18.4 Å². The number of nitrogens with zero attached hydrogens (tertiary/aromatic N) is 2. The van der Waals surface area contributed by atoms with Crippen LogP contribution in [0.25, 0.3) is 0 Å². The Kier molecular flexibility index (Phi) is 5.43. The van der Waals surface area contributed by atoms with Crippen molar-refractivity contribution in [3.8, 4) is 0 Å². The predicted molar refractivity (Wildman–Crippen MR) is 96.1 cm³/mol. The fraction of sp³-hybridized carbons (Fsp3) is 0.200. The zero-order valence-electron chi connectivity index (χ0n) is 14.6. The van der Waals surface area contributed by atoms with E-state index in [0.717, 1.165) is 5.56 Å². The summed E-state index contributed by atoms with van der Waals surface area (Å²) in [5, 5.41) is 2.89. The molecule has 1 heterocycles. The summed E-state index contributed by atoms with van der Waals surface area (Å²) in [5.74, 6) is -0.138. The van der Waals surface area contributed by atoms with Crippen LogP contribution in [0.15, 0.2) is 60.9 Å². The molecule has 1 amide bonds. The molecule has 0 radical (unpaired) electrons. The van der Waals surface area contributed by atoms with E-state index in [1.807, 2.05) is 19.2 Å². The normalized spacial score (nSPS) is 12.0. The van der Waals surface area contributed by atoms with Gasteiger partial charge in [-0.2, -0.15) is 0 Å². The first-order chi connectivity index (χ1) is 12.6. The zero-order valence-corrected chi connectivity index (χ0v) is 14.6. The highest BCUT2D eigenvalue weighted by atomic mass is 19.1. The Morgan fingerprint density at radius 2 is 1.96 bits per heavy atom. The smallest absolute Gasteiger partial charge is 0.252 e. The lowest BCUT2D eigenvalue weighted by Gasteiger charge is -2.20. The number of benzene rings is 2. The number of rotatable bonds is 6. The van der Waals surface area contributed by atoms with Crippen molar-refractivity contribution >= 4 is 5.91 Å². The molecule has 5 nitrogen and oxygen atoms in total. The van der Waals surface area contributed by atoms with E-state index in [1.165, 1.54) is 6.07 Å². The number of aryl methyl sites for hydroxylation is 1. The number of halogens is 1. The van der Waals surface area contributed by atoms with Crippen LogP contribution in [0.2, 0.25) is 0 Å². The third kappa shape index (κ3) is 3.81. The number of ether oxygens (including phenoxy) is 1. The summed E-state index contributed by atoms with van der Waals surface area (Å²) in [5.41, 5.74) is 1.82. The van der Waals surface area contributed by atoms with Gasteiger partial charge in [0.25, 0.3) is 5.91 Å². The highest BCUT2D eigenvalue weighted by Crippen LogP contribution is 2.23. The Hall–Kier alpha value is -2.99. The molecule has 0 aliphatic heterocycles. The number of imidazole rings is 1. The van der Waals surface area contributed by atoms with E-state index in [2.05, 4.69) is 10.3 Å². The van der Waals surface area contributed by atoms with Crippen LogP contribution in [0.3, 0.4) is 0 Å². The lowest BCUT2D eigenvalue weighted by atomic mass is 10.0. The van der Waals surface area contributed by atoms with Gasteiger partial charge in [-0.25, -0.2) is 9.37 Å². The standard InChI is InChI=1S/C20H20FN3O2/c1-24-12-11-22-19(24)18(16-5-3-4-6-17(16)21)23-20(25)15-9-7-14(8-10-15)13-26-2/h3-12,18H,13H2,1-2H3,(H,23,25)/t18-/m1/s1. The van der Waals surface area contributed by atoms with Gasteiger partial charge in [-0.15, -0.1) is 0 Å². The molecule has 0 fully saturated rings. The third-order valence-corrected chi connectivity index (χ3v) is 4.14. The van der Waals surface area contributed by atoms with Crippen LogP contribution in [-0.4, -0.2) is 22.6 Å². The van der Waals surface area contributed by atoms with Crippen molar-refractivity contribution in [2.45, 2.75) is 12.6 Å². The summed E-state index contributed by atoms with van der Waals surface area (Å²) in [6.07, 6.45) is 3.38. The molecule has 3 aromatic rings. The minimum absolute atomic E-state index is 0.301. The zero-order chi connectivity index (χ0) is 18.5. The molecule has 0 bridgehead atoms. The monoisotopic (exact) mass is 353 g/mol. The first-order valence-corrected chi connectivity index (χ1v) is 8.20. The van der Waals surface area contributed by atoms with Crippen molar-refractivity contribution in [3.63, 3.8) is 0 Å². The van der Waals surface area contributed by atoms with Gasteiger partial charge in [-0.3, -0.25) is 4.79 Å². The van der Waals surface area contributed by atoms with E-state index in [4.69, 9.17) is 4.74 Å². The van der Waals surface area contributed by atoms with Crippen LogP contribution in [0.5, 0.6) is 0 Å². The van der Waals surface area contributed by atoms with Crippen LogP contribution in [0.1, 0.15) is 33.4 Å². The van der Waals surface area contributed by atoms with E-state index in [-0.39, 0.29) is 5.91 Å². The van der Waals surface area contributed by atoms with E-state index >= 15 is 0 Å². The number of nitrogens with one attached hydrogen (secondary N) is 1. The molecular weight excluding hydrogens is 333 g/mol. The molecule has 1 N–H and O–H groups in total. The third-order valence-electron chi connectivity index (χ3n) is 4.14. The van der Waals surface area contributed by atoms with E-state index < -0.39 is 11.9 Å². The highest BCUT2D eigenvalue weighted by molar-refractivity contribution is 5.94. The molecule has 0 unspecified atom stereocenters. The highest BCUT2D eigenvalue weighted by Gasteiger charge is 2.24.